The van der Waals surface area contributed by atoms with E-state index in [2.05, 4.69) is 169 Å². The molecule has 0 spiro atoms. The van der Waals surface area contributed by atoms with Gasteiger partial charge in [-0.05, 0) is 118 Å². The molecular weight excluding hydrogens is 741 g/mol. The standard InChI is InChI=1S/C46H30N2.C11H10N2/c47-41-28-31(44-34-21-9-7-19-32(34)42(29-15-3-1-4-16-29)33-20-8-10-22-35(33)44)27-40(46(41)48)45-38-25-13-11-23-36(38)43(30-17-5-2-6-18-30)37-24-12-14-26-39(37)45;12-11-5-1-3-9(7-11)10-4-2-6-13-8-10/h1-28,47-48H;1-8H,12H2. The van der Waals surface area contributed by atoms with Crippen LogP contribution in [0, 0.1) is 10.8 Å². The van der Waals surface area contributed by atoms with Crippen molar-refractivity contribution >= 4 is 71.3 Å². The number of hydrogen-bond acceptors (Lipinski definition) is 4. The third-order valence-electron chi connectivity index (χ3n) is 11.6. The fraction of sp³-hybridized carbons (Fsp3) is 0. The average molecular weight is 781 g/mol. The van der Waals surface area contributed by atoms with Gasteiger partial charge in [0.2, 0.25) is 0 Å². The zero-order valence-electron chi connectivity index (χ0n) is 33.3. The summed E-state index contributed by atoms with van der Waals surface area (Å²) in [6.07, 6.45) is 7.63. The van der Waals surface area contributed by atoms with Crippen molar-refractivity contribution in [2.24, 2.45) is 0 Å². The van der Waals surface area contributed by atoms with Crippen molar-refractivity contribution in [1.29, 1.82) is 10.8 Å². The van der Waals surface area contributed by atoms with Crippen LogP contribution in [0.2, 0.25) is 0 Å². The Morgan fingerprint density at radius 3 is 1.21 bits per heavy atom. The molecule has 0 atom stereocenters. The molecule has 0 aliphatic heterocycles. The van der Waals surface area contributed by atoms with Gasteiger partial charge in [-0.3, -0.25) is 15.8 Å². The fourth-order valence-electron chi connectivity index (χ4n) is 8.93. The molecule has 1 heterocycles. The molecular formula is C57H40N4. The van der Waals surface area contributed by atoms with E-state index in [1.807, 2.05) is 48.7 Å². The molecule has 9 aromatic carbocycles. The summed E-state index contributed by atoms with van der Waals surface area (Å²) in [5.74, 6) is 0. The predicted molar refractivity (Wildman–Crippen MR) is 259 cm³/mol. The molecule has 1 aromatic heterocycles. The van der Waals surface area contributed by atoms with Gasteiger partial charge in [-0.25, -0.2) is 0 Å². The second kappa shape index (κ2) is 15.9. The zero-order valence-corrected chi connectivity index (χ0v) is 33.3. The molecule has 10 aromatic rings. The first kappa shape index (κ1) is 37.1. The van der Waals surface area contributed by atoms with Gasteiger partial charge in [0.15, 0.2) is 0 Å². The maximum absolute atomic E-state index is 9.35. The van der Waals surface area contributed by atoms with E-state index in [1.165, 1.54) is 27.5 Å². The highest BCUT2D eigenvalue weighted by atomic mass is 14.6. The molecule has 0 unspecified atom stereocenters. The maximum atomic E-state index is 9.35. The largest absolute Gasteiger partial charge is 0.399 e. The summed E-state index contributed by atoms with van der Waals surface area (Å²) in [5.41, 5.74) is 17.6. The van der Waals surface area contributed by atoms with Crippen LogP contribution in [-0.2, 0) is 0 Å². The number of rotatable bonds is 5. The summed E-state index contributed by atoms with van der Waals surface area (Å²) in [6.45, 7) is 0. The van der Waals surface area contributed by atoms with Crippen LogP contribution >= 0.6 is 0 Å². The van der Waals surface area contributed by atoms with Crippen LogP contribution in [0.4, 0.5) is 5.69 Å². The molecule has 4 heteroatoms. The van der Waals surface area contributed by atoms with E-state index in [0.717, 1.165) is 77.0 Å². The Labute approximate surface area is 354 Å². The van der Waals surface area contributed by atoms with E-state index in [4.69, 9.17) is 5.73 Å². The summed E-state index contributed by atoms with van der Waals surface area (Å²) in [4.78, 5) is 4.05. The minimum absolute atomic E-state index is 0.211. The smallest absolute Gasteiger partial charge is 0.0868 e. The second-order valence-corrected chi connectivity index (χ2v) is 15.2. The fourth-order valence-corrected chi connectivity index (χ4v) is 8.93. The van der Waals surface area contributed by atoms with Crippen LogP contribution in [0.25, 0.3) is 87.6 Å². The lowest BCUT2D eigenvalue weighted by Crippen LogP contribution is -2.16. The molecule has 1 aliphatic rings. The van der Waals surface area contributed by atoms with Crippen molar-refractivity contribution in [3.63, 3.8) is 0 Å². The van der Waals surface area contributed by atoms with Gasteiger partial charge in [0.25, 0.3) is 0 Å². The quantitative estimate of drug-likeness (QED) is 0.0923. The second-order valence-electron chi connectivity index (χ2n) is 15.2. The highest BCUT2D eigenvalue weighted by molar-refractivity contribution is 6.62. The third-order valence-corrected chi connectivity index (χ3v) is 11.6. The molecule has 4 nitrogen and oxygen atoms in total. The Bertz CT molecular complexity index is 3270. The SMILES string of the molecule is N=C1C=C(c2c3ccccc3c(-c3ccccc3)c3ccccc23)C=C(c2c3ccccc3c(-c3ccccc3)c3ccccc23)C1=N.Nc1cccc(-c2cccnc2)c1. The van der Waals surface area contributed by atoms with Crippen molar-refractivity contribution < 1.29 is 0 Å². The van der Waals surface area contributed by atoms with Crippen LogP contribution in [0.3, 0.4) is 0 Å². The summed E-state index contributed by atoms with van der Waals surface area (Å²) in [7, 11) is 0. The lowest BCUT2D eigenvalue weighted by atomic mass is 9.79. The topological polar surface area (TPSA) is 86.6 Å². The summed E-state index contributed by atoms with van der Waals surface area (Å²) < 4.78 is 0. The summed E-state index contributed by atoms with van der Waals surface area (Å²) in [6, 6.07) is 67.1. The van der Waals surface area contributed by atoms with Gasteiger partial charge in [0.1, 0.15) is 0 Å². The Hall–Kier alpha value is -8.21. The van der Waals surface area contributed by atoms with Crippen LogP contribution in [0.5, 0.6) is 0 Å². The summed E-state index contributed by atoms with van der Waals surface area (Å²) >= 11 is 0. The van der Waals surface area contributed by atoms with E-state index < -0.39 is 0 Å². The normalized spacial score (nSPS) is 12.6. The number of nitrogen functional groups attached to an aromatic ring is 1. The number of nitrogens with one attached hydrogen (secondary N) is 2. The number of benzene rings is 9. The Morgan fingerprint density at radius 2 is 0.770 bits per heavy atom. The van der Waals surface area contributed by atoms with Crippen LogP contribution < -0.4 is 5.73 Å². The van der Waals surface area contributed by atoms with E-state index in [-0.39, 0.29) is 11.4 Å². The van der Waals surface area contributed by atoms with Crippen LogP contribution in [0.1, 0.15) is 11.1 Å². The van der Waals surface area contributed by atoms with Gasteiger partial charge in [-0.1, -0.05) is 176 Å². The van der Waals surface area contributed by atoms with Gasteiger partial charge in [-0.2, -0.15) is 0 Å². The van der Waals surface area contributed by atoms with Crippen molar-refractivity contribution in [2.45, 2.75) is 0 Å². The highest BCUT2D eigenvalue weighted by Crippen LogP contribution is 2.46. The molecule has 0 saturated heterocycles. The number of hydrogen-bond donors (Lipinski definition) is 3. The highest BCUT2D eigenvalue weighted by Gasteiger charge is 2.26. The van der Waals surface area contributed by atoms with Gasteiger partial charge < -0.3 is 5.73 Å². The number of nitrogens with zero attached hydrogens (tertiary/aromatic N) is 1. The van der Waals surface area contributed by atoms with Gasteiger partial charge in [0, 0.05) is 29.2 Å². The minimum Gasteiger partial charge on any atom is -0.399 e. The predicted octanol–water partition coefficient (Wildman–Crippen LogP) is 14.5. The first-order valence-corrected chi connectivity index (χ1v) is 20.4. The molecule has 4 N–H and O–H groups in total. The van der Waals surface area contributed by atoms with Crippen molar-refractivity contribution in [3.05, 3.63) is 230 Å². The van der Waals surface area contributed by atoms with Crippen molar-refractivity contribution in [3.8, 4) is 33.4 Å². The van der Waals surface area contributed by atoms with E-state index in [0.29, 0.717) is 0 Å². The number of fused-ring (bicyclic) bond motifs is 4. The van der Waals surface area contributed by atoms with E-state index >= 15 is 0 Å². The number of nitrogens with two attached hydrogens (primary N) is 1. The molecule has 1 aliphatic carbocycles. The first-order valence-electron chi connectivity index (χ1n) is 20.4. The molecule has 0 fully saturated rings. The number of allylic oxidation sites excluding steroid dienone is 4. The Morgan fingerprint density at radius 1 is 0.361 bits per heavy atom. The molecule has 0 bridgehead atoms. The minimum atomic E-state index is 0.211. The Kier molecular flexibility index (Phi) is 9.64. The number of aromatic nitrogens is 1. The maximum Gasteiger partial charge on any atom is 0.0868 e. The van der Waals surface area contributed by atoms with Gasteiger partial charge in [-0.15, -0.1) is 0 Å². The monoisotopic (exact) mass is 780 g/mol. The van der Waals surface area contributed by atoms with Crippen molar-refractivity contribution in [1.82, 2.24) is 4.98 Å². The van der Waals surface area contributed by atoms with E-state index in [1.54, 1.807) is 6.20 Å². The van der Waals surface area contributed by atoms with Crippen molar-refractivity contribution in [2.75, 3.05) is 5.73 Å². The number of anilines is 1. The van der Waals surface area contributed by atoms with E-state index in [9.17, 15) is 10.8 Å². The van der Waals surface area contributed by atoms with Gasteiger partial charge >= 0.3 is 0 Å². The average Bonchev–Trinajstić information content (AvgIpc) is 3.32. The molecule has 0 amide bonds. The molecule has 0 saturated carbocycles. The lowest BCUT2D eigenvalue weighted by Gasteiger charge is -2.24. The van der Waals surface area contributed by atoms with Gasteiger partial charge in [0.05, 0.1) is 11.4 Å². The zero-order chi connectivity index (χ0) is 41.3. The molecule has 0 radical (unpaired) electrons. The summed E-state index contributed by atoms with van der Waals surface area (Å²) in [5, 5.41) is 27.6. The first-order chi connectivity index (χ1) is 30.0. The molecule has 11 rings (SSSR count). The molecule has 61 heavy (non-hydrogen) atoms. The molecule has 288 valence electrons. The van der Waals surface area contributed by atoms with Crippen LogP contribution in [0.15, 0.2) is 219 Å². The number of pyridine rings is 1. The lowest BCUT2D eigenvalue weighted by molar-refractivity contribution is 1.33. The Balaban J connectivity index is 0.000000293. The third kappa shape index (κ3) is 6.76. The van der Waals surface area contributed by atoms with Crippen LogP contribution in [-0.4, -0.2) is 16.4 Å².